The normalized spacial score (nSPS) is 16.6. The number of hydrogen-bond acceptors (Lipinski definition) is 4. The molecule has 0 unspecified atom stereocenters. The first-order valence-electron chi connectivity index (χ1n) is 4.75. The zero-order valence-corrected chi connectivity index (χ0v) is 9.04. The highest BCUT2D eigenvalue weighted by molar-refractivity contribution is 6.32. The Morgan fingerprint density at radius 3 is 3.07 bits per heavy atom. The minimum Gasteiger partial charge on any atom is -0.375 e. The van der Waals surface area contributed by atoms with Gasteiger partial charge in [0.2, 0.25) is 0 Å². The first kappa shape index (κ1) is 10.6. The summed E-state index contributed by atoms with van der Waals surface area (Å²) in [6.07, 6.45) is 0.714. The molecule has 2 heterocycles. The number of halogens is 2. The Bertz CT molecular complexity index is 357. The molecule has 1 aromatic rings. The van der Waals surface area contributed by atoms with Crippen LogP contribution in [0.5, 0.6) is 0 Å². The summed E-state index contributed by atoms with van der Waals surface area (Å²) in [6.45, 7) is 4.03. The molecule has 15 heavy (non-hydrogen) atoms. The second-order valence-electron chi connectivity index (χ2n) is 3.29. The van der Waals surface area contributed by atoms with E-state index in [1.807, 2.05) is 11.8 Å². The molecule has 82 valence electrons. The van der Waals surface area contributed by atoms with Crippen molar-refractivity contribution < 1.29 is 9.13 Å². The Labute approximate surface area is 92.0 Å². The van der Waals surface area contributed by atoms with Gasteiger partial charge in [-0.15, -0.1) is 0 Å². The first-order chi connectivity index (χ1) is 7.20. The molecule has 1 fully saturated rings. The van der Waals surface area contributed by atoms with Crippen LogP contribution >= 0.6 is 11.6 Å². The Hall–Kier alpha value is -0.940. The number of aromatic nitrogens is 2. The topological polar surface area (TPSA) is 38.2 Å². The van der Waals surface area contributed by atoms with Gasteiger partial charge in [-0.05, 0) is 6.92 Å². The van der Waals surface area contributed by atoms with Gasteiger partial charge in [0.1, 0.15) is 5.02 Å². The molecule has 0 aliphatic carbocycles. The monoisotopic (exact) mass is 231 g/mol. The maximum atomic E-state index is 12.8. The molecular weight excluding hydrogens is 221 g/mol. The number of nitrogens with zero attached hydrogens (tertiary/aromatic N) is 3. The fourth-order valence-electron chi connectivity index (χ4n) is 1.51. The number of ether oxygens (including phenoxy) is 1. The van der Waals surface area contributed by atoms with Gasteiger partial charge in [-0.2, -0.15) is 9.37 Å². The maximum absolute atomic E-state index is 12.8. The quantitative estimate of drug-likeness (QED) is 0.739. The van der Waals surface area contributed by atoms with E-state index in [1.54, 1.807) is 0 Å². The summed E-state index contributed by atoms with van der Waals surface area (Å²) >= 11 is 5.85. The van der Waals surface area contributed by atoms with E-state index in [0.29, 0.717) is 30.5 Å². The van der Waals surface area contributed by atoms with E-state index in [4.69, 9.17) is 16.3 Å². The Morgan fingerprint density at radius 2 is 2.40 bits per heavy atom. The summed E-state index contributed by atoms with van der Waals surface area (Å²) in [4.78, 5) is 8.89. The van der Waals surface area contributed by atoms with Gasteiger partial charge in [-0.3, -0.25) is 0 Å². The lowest BCUT2D eigenvalue weighted by Crippen LogP contribution is -2.52. The lowest BCUT2D eigenvalue weighted by Gasteiger charge is -2.39. The Balaban J connectivity index is 2.03. The van der Waals surface area contributed by atoms with E-state index in [-0.39, 0.29) is 6.10 Å². The lowest BCUT2D eigenvalue weighted by atomic mass is 10.1. The minimum atomic E-state index is -0.755. The van der Waals surface area contributed by atoms with E-state index < -0.39 is 6.08 Å². The van der Waals surface area contributed by atoms with Crippen molar-refractivity contribution in [3.63, 3.8) is 0 Å². The van der Waals surface area contributed by atoms with Gasteiger partial charge in [0, 0.05) is 19.7 Å². The van der Waals surface area contributed by atoms with Gasteiger partial charge in [0.05, 0.1) is 12.3 Å². The van der Waals surface area contributed by atoms with Crippen LogP contribution in [-0.4, -0.2) is 35.8 Å². The number of hydrogen-bond donors (Lipinski definition) is 0. The third-order valence-electron chi connectivity index (χ3n) is 2.25. The molecule has 0 spiro atoms. The van der Waals surface area contributed by atoms with Crippen molar-refractivity contribution in [2.24, 2.45) is 0 Å². The summed E-state index contributed by atoms with van der Waals surface area (Å²) in [5.74, 6) is 0.445. The van der Waals surface area contributed by atoms with Gasteiger partial charge in [-0.1, -0.05) is 11.6 Å². The molecule has 1 aliphatic heterocycles. The highest BCUT2D eigenvalue weighted by Crippen LogP contribution is 2.27. The molecular formula is C9H11ClFN3O. The smallest absolute Gasteiger partial charge is 0.310 e. The van der Waals surface area contributed by atoms with Gasteiger partial charge in [-0.25, -0.2) is 4.98 Å². The van der Waals surface area contributed by atoms with E-state index in [2.05, 4.69) is 9.97 Å². The fraction of sp³-hybridized carbons (Fsp3) is 0.556. The summed E-state index contributed by atoms with van der Waals surface area (Å²) in [6, 6.07) is 0. The molecule has 0 bridgehead atoms. The van der Waals surface area contributed by atoms with Gasteiger partial charge in [0.25, 0.3) is 0 Å². The van der Waals surface area contributed by atoms with E-state index in [9.17, 15) is 4.39 Å². The molecule has 0 amide bonds. The SMILES string of the molecule is CCOC1CN(c2nc(F)ncc2Cl)C1. The Morgan fingerprint density at radius 1 is 1.67 bits per heavy atom. The average molecular weight is 232 g/mol. The average Bonchev–Trinajstić information content (AvgIpc) is 2.15. The van der Waals surface area contributed by atoms with Crippen LogP contribution in [0.25, 0.3) is 0 Å². The summed E-state index contributed by atoms with van der Waals surface area (Å²) in [5, 5.41) is 0.367. The molecule has 4 nitrogen and oxygen atoms in total. The van der Waals surface area contributed by atoms with Crippen molar-refractivity contribution in [2.75, 3.05) is 24.6 Å². The highest BCUT2D eigenvalue weighted by atomic mass is 35.5. The van der Waals surface area contributed by atoms with Crippen LogP contribution in [-0.2, 0) is 4.74 Å². The molecule has 1 aromatic heterocycles. The van der Waals surface area contributed by atoms with Crippen LogP contribution < -0.4 is 4.90 Å². The first-order valence-corrected chi connectivity index (χ1v) is 5.13. The number of rotatable bonds is 3. The summed E-state index contributed by atoms with van der Waals surface area (Å²) < 4.78 is 18.2. The zero-order valence-electron chi connectivity index (χ0n) is 8.28. The molecule has 6 heteroatoms. The predicted octanol–water partition coefficient (Wildman–Crippen LogP) is 1.49. The molecule has 0 atom stereocenters. The van der Waals surface area contributed by atoms with Crippen molar-refractivity contribution in [1.82, 2.24) is 9.97 Å². The molecule has 0 radical (unpaired) electrons. The maximum Gasteiger partial charge on any atom is 0.310 e. The molecule has 0 N–H and O–H groups in total. The third-order valence-corrected chi connectivity index (χ3v) is 2.51. The van der Waals surface area contributed by atoms with Crippen molar-refractivity contribution >= 4 is 17.4 Å². The van der Waals surface area contributed by atoms with Crippen molar-refractivity contribution in [3.05, 3.63) is 17.3 Å². The molecule has 1 aliphatic rings. The summed E-state index contributed by atoms with van der Waals surface area (Å²) in [7, 11) is 0. The van der Waals surface area contributed by atoms with Crippen LogP contribution in [0.15, 0.2) is 6.20 Å². The van der Waals surface area contributed by atoms with Crippen LogP contribution in [0, 0.1) is 6.08 Å². The second-order valence-corrected chi connectivity index (χ2v) is 3.70. The van der Waals surface area contributed by atoms with Gasteiger partial charge in [0.15, 0.2) is 5.82 Å². The van der Waals surface area contributed by atoms with E-state index >= 15 is 0 Å². The Kier molecular flexibility index (Phi) is 3.02. The van der Waals surface area contributed by atoms with Crippen LogP contribution in [0.4, 0.5) is 10.2 Å². The summed E-state index contributed by atoms with van der Waals surface area (Å²) in [5.41, 5.74) is 0. The second kappa shape index (κ2) is 4.28. The standard InChI is InChI=1S/C9H11ClFN3O/c1-2-15-6-4-14(5-6)8-7(10)3-12-9(11)13-8/h3,6H,2,4-5H2,1H3. The van der Waals surface area contributed by atoms with Crippen molar-refractivity contribution in [3.8, 4) is 0 Å². The highest BCUT2D eigenvalue weighted by Gasteiger charge is 2.29. The zero-order chi connectivity index (χ0) is 10.8. The third kappa shape index (κ3) is 2.18. The fourth-order valence-corrected chi connectivity index (χ4v) is 1.72. The predicted molar refractivity (Wildman–Crippen MR) is 54.6 cm³/mol. The van der Waals surface area contributed by atoms with E-state index in [1.165, 1.54) is 6.20 Å². The van der Waals surface area contributed by atoms with E-state index in [0.717, 1.165) is 0 Å². The molecule has 1 saturated heterocycles. The van der Waals surface area contributed by atoms with Crippen LogP contribution in [0.1, 0.15) is 6.92 Å². The molecule has 0 aromatic carbocycles. The largest absolute Gasteiger partial charge is 0.375 e. The van der Waals surface area contributed by atoms with Gasteiger partial charge < -0.3 is 9.64 Å². The van der Waals surface area contributed by atoms with Crippen molar-refractivity contribution in [1.29, 1.82) is 0 Å². The van der Waals surface area contributed by atoms with Gasteiger partial charge >= 0.3 is 6.08 Å². The molecule has 2 rings (SSSR count). The molecule has 0 saturated carbocycles. The van der Waals surface area contributed by atoms with Crippen LogP contribution in [0.3, 0.4) is 0 Å². The van der Waals surface area contributed by atoms with Crippen LogP contribution in [0.2, 0.25) is 5.02 Å². The minimum absolute atomic E-state index is 0.198. The number of anilines is 1. The lowest BCUT2D eigenvalue weighted by molar-refractivity contribution is 0.0426. The van der Waals surface area contributed by atoms with Crippen molar-refractivity contribution in [2.45, 2.75) is 13.0 Å².